The van der Waals surface area contributed by atoms with Crippen LogP contribution in [0, 0.1) is 11.3 Å². The Labute approximate surface area is 141 Å². The van der Waals surface area contributed by atoms with Crippen LogP contribution >= 0.6 is 0 Å². The van der Waals surface area contributed by atoms with Gasteiger partial charge in [-0.1, -0.05) is 30.3 Å². The standard InChI is InChI=1S/C19H19N3O2/c20-12-17-13-21-10-11-22(17)19(23)16-8-6-15(7-9-16)14-24-18-4-2-1-3-5-18/h1-9,17,21H,10-11,13-14H2. The van der Waals surface area contributed by atoms with E-state index in [1.807, 2.05) is 42.5 Å². The minimum atomic E-state index is -0.410. The number of ether oxygens (including phenoxy) is 1. The van der Waals surface area contributed by atoms with E-state index in [2.05, 4.69) is 11.4 Å². The Hall–Kier alpha value is -2.84. The van der Waals surface area contributed by atoms with Crippen LogP contribution in [0.15, 0.2) is 54.6 Å². The molecule has 24 heavy (non-hydrogen) atoms. The summed E-state index contributed by atoms with van der Waals surface area (Å²) < 4.78 is 5.70. The molecule has 0 bridgehead atoms. The van der Waals surface area contributed by atoms with Crippen molar-refractivity contribution in [2.24, 2.45) is 0 Å². The smallest absolute Gasteiger partial charge is 0.255 e. The van der Waals surface area contributed by atoms with Gasteiger partial charge in [-0.3, -0.25) is 4.79 Å². The lowest BCUT2D eigenvalue weighted by Gasteiger charge is -2.32. The van der Waals surface area contributed by atoms with Crippen molar-refractivity contribution in [3.8, 4) is 11.8 Å². The number of piperazine rings is 1. The summed E-state index contributed by atoms with van der Waals surface area (Å²) >= 11 is 0. The molecule has 5 heteroatoms. The van der Waals surface area contributed by atoms with Crippen molar-refractivity contribution in [1.82, 2.24) is 10.2 Å². The molecular formula is C19H19N3O2. The van der Waals surface area contributed by atoms with E-state index in [1.165, 1.54) is 0 Å². The molecule has 1 atom stereocenters. The number of carbonyl (C=O) groups is 1. The van der Waals surface area contributed by atoms with E-state index in [0.717, 1.165) is 11.3 Å². The molecule has 2 aromatic carbocycles. The fourth-order valence-electron chi connectivity index (χ4n) is 2.66. The van der Waals surface area contributed by atoms with Gasteiger partial charge in [-0.2, -0.15) is 5.26 Å². The fraction of sp³-hybridized carbons (Fsp3) is 0.263. The van der Waals surface area contributed by atoms with Crippen molar-refractivity contribution in [1.29, 1.82) is 5.26 Å². The van der Waals surface area contributed by atoms with E-state index in [1.54, 1.807) is 17.0 Å². The van der Waals surface area contributed by atoms with E-state index in [-0.39, 0.29) is 5.91 Å². The third-order valence-corrected chi connectivity index (χ3v) is 4.00. The Balaban J connectivity index is 1.63. The number of nitrogens with one attached hydrogen (secondary N) is 1. The zero-order chi connectivity index (χ0) is 16.8. The molecule has 5 nitrogen and oxygen atoms in total. The number of hydrogen-bond acceptors (Lipinski definition) is 4. The summed E-state index contributed by atoms with van der Waals surface area (Å²) in [6.07, 6.45) is 0. The first-order valence-corrected chi connectivity index (χ1v) is 7.96. The number of benzene rings is 2. The molecular weight excluding hydrogens is 302 g/mol. The quantitative estimate of drug-likeness (QED) is 0.937. The van der Waals surface area contributed by atoms with Crippen molar-refractivity contribution < 1.29 is 9.53 Å². The van der Waals surface area contributed by atoms with Crippen LogP contribution < -0.4 is 10.1 Å². The number of amides is 1. The summed E-state index contributed by atoms with van der Waals surface area (Å²) in [5.41, 5.74) is 1.59. The lowest BCUT2D eigenvalue weighted by molar-refractivity contribution is 0.0687. The van der Waals surface area contributed by atoms with E-state index in [4.69, 9.17) is 4.74 Å². The molecule has 1 saturated heterocycles. The Bertz CT molecular complexity index is 723. The van der Waals surface area contributed by atoms with Crippen LogP contribution in [0.4, 0.5) is 0 Å². The van der Waals surface area contributed by atoms with Crippen molar-refractivity contribution in [2.75, 3.05) is 19.6 Å². The molecule has 2 aromatic rings. The van der Waals surface area contributed by atoms with Crippen molar-refractivity contribution in [2.45, 2.75) is 12.6 Å². The monoisotopic (exact) mass is 321 g/mol. The Morgan fingerprint density at radius 3 is 2.67 bits per heavy atom. The second-order valence-electron chi connectivity index (χ2n) is 5.65. The van der Waals surface area contributed by atoms with Crippen molar-refractivity contribution in [3.63, 3.8) is 0 Å². The molecule has 122 valence electrons. The summed E-state index contributed by atoms with van der Waals surface area (Å²) in [6.45, 7) is 2.24. The second-order valence-corrected chi connectivity index (χ2v) is 5.65. The molecule has 1 N–H and O–H groups in total. The Morgan fingerprint density at radius 1 is 1.21 bits per heavy atom. The van der Waals surface area contributed by atoms with Crippen LogP contribution in [0.1, 0.15) is 15.9 Å². The topological polar surface area (TPSA) is 65.4 Å². The van der Waals surface area contributed by atoms with Gasteiger partial charge in [0.2, 0.25) is 0 Å². The molecule has 0 radical (unpaired) electrons. The maximum Gasteiger partial charge on any atom is 0.255 e. The highest BCUT2D eigenvalue weighted by atomic mass is 16.5. The van der Waals surface area contributed by atoms with Gasteiger partial charge in [0.15, 0.2) is 0 Å². The molecule has 0 saturated carbocycles. The molecule has 1 amide bonds. The van der Waals surface area contributed by atoms with E-state index in [9.17, 15) is 10.1 Å². The first kappa shape index (κ1) is 16.0. The number of nitrogens with zero attached hydrogens (tertiary/aromatic N) is 2. The fourth-order valence-corrected chi connectivity index (χ4v) is 2.66. The number of hydrogen-bond donors (Lipinski definition) is 1. The first-order chi connectivity index (χ1) is 11.8. The number of rotatable bonds is 4. The van der Waals surface area contributed by atoms with Crippen LogP contribution in [-0.4, -0.2) is 36.5 Å². The number of nitriles is 1. The molecule has 1 aliphatic rings. The predicted molar refractivity (Wildman–Crippen MR) is 90.5 cm³/mol. The molecule has 0 aromatic heterocycles. The second kappa shape index (κ2) is 7.62. The summed E-state index contributed by atoms with van der Waals surface area (Å²) in [5.74, 6) is 0.717. The van der Waals surface area contributed by atoms with Crippen LogP contribution in [0.5, 0.6) is 5.75 Å². The lowest BCUT2D eigenvalue weighted by Crippen LogP contribution is -2.53. The van der Waals surface area contributed by atoms with Gasteiger partial charge in [-0.25, -0.2) is 0 Å². The average Bonchev–Trinajstić information content (AvgIpc) is 2.67. The molecule has 3 rings (SSSR count). The van der Waals surface area contributed by atoms with Crippen LogP contribution in [-0.2, 0) is 6.61 Å². The number of carbonyl (C=O) groups excluding carboxylic acids is 1. The lowest BCUT2D eigenvalue weighted by atomic mass is 10.1. The van der Waals surface area contributed by atoms with Crippen molar-refractivity contribution in [3.05, 3.63) is 65.7 Å². The zero-order valence-electron chi connectivity index (χ0n) is 13.3. The Kier molecular flexibility index (Phi) is 5.09. The van der Waals surface area contributed by atoms with Gasteiger partial charge in [0.25, 0.3) is 5.91 Å². The highest BCUT2D eigenvalue weighted by Gasteiger charge is 2.26. The minimum Gasteiger partial charge on any atom is -0.489 e. The molecule has 1 aliphatic heterocycles. The zero-order valence-corrected chi connectivity index (χ0v) is 13.3. The van der Waals surface area contributed by atoms with E-state index in [0.29, 0.717) is 31.8 Å². The van der Waals surface area contributed by atoms with E-state index < -0.39 is 6.04 Å². The third kappa shape index (κ3) is 3.73. The average molecular weight is 321 g/mol. The first-order valence-electron chi connectivity index (χ1n) is 7.96. The molecule has 1 unspecified atom stereocenters. The van der Waals surface area contributed by atoms with Crippen LogP contribution in [0.2, 0.25) is 0 Å². The largest absolute Gasteiger partial charge is 0.489 e. The van der Waals surface area contributed by atoms with Crippen LogP contribution in [0.25, 0.3) is 0 Å². The highest BCUT2D eigenvalue weighted by Crippen LogP contribution is 2.14. The van der Waals surface area contributed by atoms with Gasteiger partial charge in [-0.05, 0) is 29.8 Å². The van der Waals surface area contributed by atoms with E-state index >= 15 is 0 Å². The summed E-state index contributed by atoms with van der Waals surface area (Å²) in [4.78, 5) is 14.2. The number of para-hydroxylation sites is 1. The van der Waals surface area contributed by atoms with Crippen LogP contribution in [0.3, 0.4) is 0 Å². The van der Waals surface area contributed by atoms with Gasteiger partial charge in [0, 0.05) is 25.2 Å². The predicted octanol–water partition coefficient (Wildman–Crippen LogP) is 2.20. The SMILES string of the molecule is N#CC1CNCCN1C(=O)c1ccc(COc2ccccc2)cc1. The normalized spacial score (nSPS) is 17.1. The van der Waals surface area contributed by atoms with Gasteiger partial charge >= 0.3 is 0 Å². The molecule has 1 heterocycles. The minimum absolute atomic E-state index is 0.0985. The van der Waals surface area contributed by atoms with Gasteiger partial charge in [-0.15, -0.1) is 0 Å². The van der Waals surface area contributed by atoms with Gasteiger partial charge in [0.1, 0.15) is 18.4 Å². The Morgan fingerprint density at radius 2 is 1.96 bits per heavy atom. The maximum absolute atomic E-state index is 12.6. The summed E-state index contributed by atoms with van der Waals surface area (Å²) in [5, 5.41) is 12.3. The maximum atomic E-state index is 12.6. The molecule has 0 aliphatic carbocycles. The van der Waals surface area contributed by atoms with Gasteiger partial charge in [0.05, 0.1) is 6.07 Å². The molecule has 1 fully saturated rings. The van der Waals surface area contributed by atoms with Crippen molar-refractivity contribution >= 4 is 5.91 Å². The highest BCUT2D eigenvalue weighted by molar-refractivity contribution is 5.94. The summed E-state index contributed by atoms with van der Waals surface area (Å²) in [6, 6.07) is 18.7. The summed E-state index contributed by atoms with van der Waals surface area (Å²) in [7, 11) is 0. The third-order valence-electron chi connectivity index (χ3n) is 4.00. The van der Waals surface area contributed by atoms with Gasteiger partial charge < -0.3 is 15.0 Å². The molecule has 0 spiro atoms.